The van der Waals surface area contributed by atoms with E-state index in [1.807, 2.05) is 24.3 Å². The van der Waals surface area contributed by atoms with Crippen LogP contribution in [0, 0.1) is 0 Å². The fourth-order valence-corrected chi connectivity index (χ4v) is 2.03. The van der Waals surface area contributed by atoms with E-state index >= 15 is 0 Å². The van der Waals surface area contributed by atoms with Crippen molar-refractivity contribution >= 4 is 5.69 Å². The van der Waals surface area contributed by atoms with Crippen LogP contribution in [0.4, 0.5) is 18.9 Å². The van der Waals surface area contributed by atoms with Gasteiger partial charge in [-0.2, -0.15) is 13.2 Å². The predicted molar refractivity (Wildman–Crippen MR) is 82.6 cm³/mol. The summed E-state index contributed by atoms with van der Waals surface area (Å²) in [7, 11) is 1.59. The second kappa shape index (κ2) is 7.87. The highest BCUT2D eigenvalue weighted by molar-refractivity contribution is 5.48. The van der Waals surface area contributed by atoms with E-state index in [2.05, 4.69) is 5.32 Å². The van der Waals surface area contributed by atoms with Crippen LogP contribution in [0.25, 0.3) is 0 Å². The molecule has 3 nitrogen and oxygen atoms in total. The zero-order valence-corrected chi connectivity index (χ0v) is 12.7. The average molecular weight is 325 g/mol. The van der Waals surface area contributed by atoms with Gasteiger partial charge in [0.25, 0.3) is 0 Å². The molecule has 0 spiro atoms. The van der Waals surface area contributed by atoms with E-state index in [-0.39, 0.29) is 0 Å². The molecule has 0 saturated heterocycles. The molecule has 0 heterocycles. The zero-order valence-electron chi connectivity index (χ0n) is 12.7. The second-order valence-electron chi connectivity index (χ2n) is 4.88. The number of methoxy groups -OCH3 is 1. The highest BCUT2D eigenvalue weighted by Crippen LogP contribution is 2.31. The summed E-state index contributed by atoms with van der Waals surface area (Å²) in [4.78, 5) is 0. The van der Waals surface area contributed by atoms with Gasteiger partial charge in [0.2, 0.25) is 0 Å². The van der Waals surface area contributed by atoms with Crippen molar-refractivity contribution in [3.63, 3.8) is 0 Å². The Bertz CT molecular complexity index is 629. The van der Waals surface area contributed by atoms with E-state index in [4.69, 9.17) is 9.47 Å². The highest BCUT2D eigenvalue weighted by atomic mass is 19.4. The monoisotopic (exact) mass is 325 g/mol. The summed E-state index contributed by atoms with van der Waals surface area (Å²) in [6.07, 6.45) is -4.35. The molecule has 0 aliphatic rings. The van der Waals surface area contributed by atoms with E-state index in [1.54, 1.807) is 13.2 Å². The molecule has 2 aromatic carbocycles. The molecule has 23 heavy (non-hydrogen) atoms. The molecule has 0 amide bonds. The first kappa shape index (κ1) is 17.1. The minimum atomic E-state index is -4.35. The molecule has 6 heteroatoms. The topological polar surface area (TPSA) is 30.5 Å². The van der Waals surface area contributed by atoms with Crippen LogP contribution < -0.4 is 10.1 Å². The van der Waals surface area contributed by atoms with Crippen LogP contribution in [-0.2, 0) is 17.5 Å². The summed E-state index contributed by atoms with van der Waals surface area (Å²) in [6.45, 7) is 1.25. The molecule has 0 saturated carbocycles. The van der Waals surface area contributed by atoms with E-state index < -0.39 is 11.7 Å². The first-order valence-electron chi connectivity index (χ1n) is 7.11. The Morgan fingerprint density at radius 1 is 1.00 bits per heavy atom. The van der Waals surface area contributed by atoms with Gasteiger partial charge in [0, 0.05) is 24.9 Å². The normalized spacial score (nSPS) is 11.3. The molecule has 0 unspecified atom stereocenters. The van der Waals surface area contributed by atoms with Crippen LogP contribution in [0.15, 0.2) is 48.5 Å². The van der Waals surface area contributed by atoms with Crippen molar-refractivity contribution in [3.05, 3.63) is 59.7 Å². The van der Waals surface area contributed by atoms with Crippen LogP contribution >= 0.6 is 0 Å². The summed E-state index contributed by atoms with van der Waals surface area (Å²) in [5.74, 6) is 0.684. The van der Waals surface area contributed by atoms with Gasteiger partial charge in [0.15, 0.2) is 0 Å². The van der Waals surface area contributed by atoms with Crippen molar-refractivity contribution < 1.29 is 22.6 Å². The van der Waals surface area contributed by atoms with E-state index in [1.165, 1.54) is 6.07 Å². The van der Waals surface area contributed by atoms with Crippen LogP contribution in [0.5, 0.6) is 5.75 Å². The van der Waals surface area contributed by atoms with Crippen molar-refractivity contribution in [3.8, 4) is 5.75 Å². The SMILES string of the molecule is COCCOc1ccccc1CNc1cccc(C(F)(F)F)c1. The number of alkyl halides is 3. The average Bonchev–Trinajstić information content (AvgIpc) is 2.54. The Kier molecular flexibility index (Phi) is 5.87. The van der Waals surface area contributed by atoms with Crippen molar-refractivity contribution in [2.75, 3.05) is 25.6 Å². The number of anilines is 1. The van der Waals surface area contributed by atoms with Crippen molar-refractivity contribution in [2.45, 2.75) is 12.7 Å². The number of para-hydroxylation sites is 1. The minimum absolute atomic E-state index is 0.366. The Morgan fingerprint density at radius 2 is 1.78 bits per heavy atom. The molecule has 0 radical (unpaired) electrons. The Morgan fingerprint density at radius 3 is 2.52 bits per heavy atom. The molecule has 2 aromatic rings. The van der Waals surface area contributed by atoms with Crippen molar-refractivity contribution in [2.24, 2.45) is 0 Å². The Labute approximate surface area is 133 Å². The maximum Gasteiger partial charge on any atom is 0.416 e. The number of nitrogens with one attached hydrogen (secondary N) is 1. The first-order chi connectivity index (χ1) is 11.0. The molecule has 0 fully saturated rings. The van der Waals surface area contributed by atoms with Gasteiger partial charge < -0.3 is 14.8 Å². The highest BCUT2D eigenvalue weighted by Gasteiger charge is 2.30. The lowest BCUT2D eigenvalue weighted by Gasteiger charge is -2.13. The van der Waals surface area contributed by atoms with Crippen LogP contribution in [-0.4, -0.2) is 20.3 Å². The maximum atomic E-state index is 12.7. The fraction of sp³-hybridized carbons (Fsp3) is 0.294. The van der Waals surface area contributed by atoms with Gasteiger partial charge in [0.1, 0.15) is 12.4 Å². The number of hydrogen-bond donors (Lipinski definition) is 1. The van der Waals surface area contributed by atoms with Gasteiger partial charge in [-0.15, -0.1) is 0 Å². The van der Waals surface area contributed by atoms with Crippen molar-refractivity contribution in [1.29, 1.82) is 0 Å². The van der Waals surface area contributed by atoms with Crippen LogP contribution in [0.3, 0.4) is 0 Å². The molecule has 2 rings (SSSR count). The molecular weight excluding hydrogens is 307 g/mol. The third kappa shape index (κ3) is 5.17. The number of benzene rings is 2. The first-order valence-corrected chi connectivity index (χ1v) is 7.11. The van der Waals surface area contributed by atoms with Gasteiger partial charge in [-0.25, -0.2) is 0 Å². The van der Waals surface area contributed by atoms with E-state index in [0.717, 1.165) is 17.7 Å². The van der Waals surface area contributed by atoms with Crippen LogP contribution in [0.2, 0.25) is 0 Å². The van der Waals surface area contributed by atoms with Gasteiger partial charge >= 0.3 is 6.18 Å². The number of ether oxygens (including phenoxy) is 2. The predicted octanol–water partition coefficient (Wildman–Crippen LogP) is 4.34. The van der Waals surface area contributed by atoms with Crippen molar-refractivity contribution in [1.82, 2.24) is 0 Å². The fourth-order valence-electron chi connectivity index (χ4n) is 2.03. The standard InChI is InChI=1S/C17H18F3NO2/c1-22-9-10-23-16-8-3-2-5-13(16)12-21-15-7-4-6-14(11-15)17(18,19)20/h2-8,11,21H,9-10,12H2,1H3. The summed E-state index contributed by atoms with van der Waals surface area (Å²) in [5, 5.41) is 2.99. The molecule has 124 valence electrons. The Balaban J connectivity index is 2.03. The van der Waals surface area contributed by atoms with Gasteiger partial charge in [0.05, 0.1) is 12.2 Å². The molecule has 0 atom stereocenters. The summed E-state index contributed by atoms with van der Waals surface area (Å²) in [6, 6.07) is 12.5. The lowest BCUT2D eigenvalue weighted by Crippen LogP contribution is -2.09. The molecular formula is C17H18F3NO2. The molecule has 0 bridgehead atoms. The van der Waals surface area contributed by atoms with E-state index in [9.17, 15) is 13.2 Å². The zero-order chi connectivity index (χ0) is 16.7. The number of hydrogen-bond acceptors (Lipinski definition) is 3. The van der Waals surface area contributed by atoms with Gasteiger partial charge in [-0.3, -0.25) is 0 Å². The van der Waals surface area contributed by atoms with Gasteiger partial charge in [-0.05, 0) is 24.3 Å². The maximum absolute atomic E-state index is 12.7. The second-order valence-corrected chi connectivity index (χ2v) is 4.88. The summed E-state index contributed by atoms with van der Waals surface area (Å²) >= 11 is 0. The smallest absolute Gasteiger partial charge is 0.416 e. The molecule has 0 aromatic heterocycles. The van der Waals surface area contributed by atoms with E-state index in [0.29, 0.717) is 31.2 Å². The molecule has 0 aliphatic carbocycles. The lowest BCUT2D eigenvalue weighted by atomic mass is 10.1. The molecule has 1 N–H and O–H groups in total. The third-order valence-electron chi connectivity index (χ3n) is 3.19. The Hall–Kier alpha value is -2.21. The van der Waals surface area contributed by atoms with Gasteiger partial charge in [-0.1, -0.05) is 24.3 Å². The third-order valence-corrected chi connectivity index (χ3v) is 3.19. The number of halogens is 3. The molecule has 0 aliphatic heterocycles. The lowest BCUT2D eigenvalue weighted by molar-refractivity contribution is -0.137. The summed E-state index contributed by atoms with van der Waals surface area (Å²) < 4.78 is 48.7. The number of rotatable bonds is 7. The quantitative estimate of drug-likeness (QED) is 0.768. The minimum Gasteiger partial charge on any atom is -0.491 e. The largest absolute Gasteiger partial charge is 0.491 e. The summed E-state index contributed by atoms with van der Waals surface area (Å²) in [5.41, 5.74) is 0.597. The van der Waals surface area contributed by atoms with Crippen LogP contribution in [0.1, 0.15) is 11.1 Å².